The van der Waals surface area contributed by atoms with E-state index >= 15 is 0 Å². The Hall–Kier alpha value is -1.17. The van der Waals surface area contributed by atoms with Gasteiger partial charge in [0.05, 0.1) is 6.10 Å². The quantitative estimate of drug-likeness (QED) is 0.775. The highest BCUT2D eigenvalue weighted by molar-refractivity contribution is 7.73. The van der Waals surface area contributed by atoms with Gasteiger partial charge in [0.25, 0.3) is 0 Å². The normalized spacial score (nSPS) is 18.9. The number of hydrogen-bond acceptors (Lipinski definition) is 1. The Kier molecular flexibility index (Phi) is 4.27. The molecule has 3 rings (SSSR count). The molecule has 1 saturated heterocycles. The van der Waals surface area contributed by atoms with Crippen LogP contribution in [-0.4, -0.2) is 18.9 Å². The maximum Gasteiger partial charge on any atom is 0.0621 e. The SMILES string of the molecule is c1ccc(P(CC2CCCO2)c2ccccc2)cc1. The van der Waals surface area contributed by atoms with Crippen LogP contribution in [0.25, 0.3) is 0 Å². The first-order valence-corrected chi connectivity index (χ1v) is 8.45. The van der Waals surface area contributed by atoms with Crippen LogP contribution in [0.5, 0.6) is 0 Å². The Bertz CT molecular complexity index is 452. The van der Waals surface area contributed by atoms with Gasteiger partial charge in [-0.1, -0.05) is 60.7 Å². The van der Waals surface area contributed by atoms with Gasteiger partial charge in [-0.25, -0.2) is 0 Å². The van der Waals surface area contributed by atoms with Gasteiger partial charge in [-0.05, 0) is 31.4 Å². The predicted octanol–water partition coefficient (Wildman–Crippen LogP) is 3.30. The zero-order valence-electron chi connectivity index (χ0n) is 11.0. The highest BCUT2D eigenvalue weighted by Gasteiger charge is 2.22. The van der Waals surface area contributed by atoms with E-state index in [-0.39, 0.29) is 7.92 Å². The first kappa shape index (κ1) is 12.8. The van der Waals surface area contributed by atoms with Gasteiger partial charge >= 0.3 is 0 Å². The lowest BCUT2D eigenvalue weighted by Gasteiger charge is -2.21. The van der Waals surface area contributed by atoms with Crippen molar-refractivity contribution in [3.8, 4) is 0 Å². The molecule has 0 amide bonds. The van der Waals surface area contributed by atoms with Crippen LogP contribution in [0.1, 0.15) is 12.8 Å². The molecule has 1 unspecified atom stereocenters. The minimum absolute atomic E-state index is 0.287. The Morgan fingerprint density at radius 1 is 0.895 bits per heavy atom. The van der Waals surface area contributed by atoms with Crippen LogP contribution in [0.2, 0.25) is 0 Å². The van der Waals surface area contributed by atoms with Gasteiger partial charge in [-0.2, -0.15) is 0 Å². The summed E-state index contributed by atoms with van der Waals surface area (Å²) in [4.78, 5) is 0. The first-order valence-electron chi connectivity index (χ1n) is 6.93. The van der Waals surface area contributed by atoms with Crippen molar-refractivity contribution in [2.75, 3.05) is 12.8 Å². The Balaban J connectivity index is 1.87. The minimum atomic E-state index is -0.287. The van der Waals surface area contributed by atoms with E-state index < -0.39 is 0 Å². The van der Waals surface area contributed by atoms with Crippen molar-refractivity contribution in [1.82, 2.24) is 0 Å². The molecule has 1 aliphatic rings. The first-order chi connectivity index (χ1) is 9.43. The molecule has 1 aliphatic heterocycles. The average molecular weight is 270 g/mol. The molecular weight excluding hydrogens is 251 g/mol. The van der Waals surface area contributed by atoms with E-state index in [1.807, 2.05) is 0 Å². The highest BCUT2D eigenvalue weighted by Crippen LogP contribution is 2.36. The average Bonchev–Trinajstić information content (AvgIpc) is 3.00. The molecule has 1 heterocycles. The van der Waals surface area contributed by atoms with E-state index in [1.165, 1.54) is 23.5 Å². The van der Waals surface area contributed by atoms with Crippen LogP contribution in [-0.2, 0) is 4.74 Å². The molecule has 0 bridgehead atoms. The van der Waals surface area contributed by atoms with Crippen LogP contribution in [0.15, 0.2) is 60.7 Å². The smallest absolute Gasteiger partial charge is 0.0621 e. The molecule has 1 fully saturated rings. The van der Waals surface area contributed by atoms with E-state index in [1.54, 1.807) is 0 Å². The van der Waals surface area contributed by atoms with Crippen LogP contribution in [0.3, 0.4) is 0 Å². The highest BCUT2D eigenvalue weighted by atomic mass is 31.1. The third kappa shape index (κ3) is 3.23. The third-order valence-corrected chi connectivity index (χ3v) is 6.16. The lowest BCUT2D eigenvalue weighted by molar-refractivity contribution is 0.128. The summed E-state index contributed by atoms with van der Waals surface area (Å²) >= 11 is 0. The fraction of sp³-hybridized carbons (Fsp3) is 0.294. The van der Waals surface area contributed by atoms with Crippen LogP contribution >= 0.6 is 7.92 Å². The monoisotopic (exact) mass is 270 g/mol. The molecule has 0 aliphatic carbocycles. The molecule has 19 heavy (non-hydrogen) atoms. The largest absolute Gasteiger partial charge is 0.378 e. The molecule has 2 heteroatoms. The predicted molar refractivity (Wildman–Crippen MR) is 82.9 cm³/mol. The number of benzene rings is 2. The summed E-state index contributed by atoms with van der Waals surface area (Å²) < 4.78 is 5.84. The van der Waals surface area contributed by atoms with Gasteiger partial charge in [0, 0.05) is 12.8 Å². The van der Waals surface area contributed by atoms with E-state index in [0.29, 0.717) is 6.10 Å². The second kappa shape index (κ2) is 6.32. The van der Waals surface area contributed by atoms with Gasteiger partial charge < -0.3 is 4.74 Å². The number of ether oxygens (including phenoxy) is 1. The molecule has 0 aromatic heterocycles. The molecule has 0 saturated carbocycles. The Morgan fingerprint density at radius 3 is 1.95 bits per heavy atom. The minimum Gasteiger partial charge on any atom is -0.378 e. The van der Waals surface area contributed by atoms with Gasteiger partial charge in [0.1, 0.15) is 0 Å². The van der Waals surface area contributed by atoms with Crippen molar-refractivity contribution < 1.29 is 4.74 Å². The summed E-state index contributed by atoms with van der Waals surface area (Å²) in [5, 5.41) is 2.92. The molecule has 2 aromatic rings. The fourth-order valence-electron chi connectivity index (χ4n) is 2.57. The van der Waals surface area contributed by atoms with Crippen LogP contribution in [0, 0.1) is 0 Å². The number of hydrogen-bond donors (Lipinski definition) is 0. The topological polar surface area (TPSA) is 9.23 Å². The molecular formula is C17H19OP. The van der Waals surface area contributed by atoms with Gasteiger partial charge in [0.2, 0.25) is 0 Å². The summed E-state index contributed by atoms with van der Waals surface area (Å²) in [7, 11) is -0.287. The van der Waals surface area contributed by atoms with Crippen molar-refractivity contribution in [2.45, 2.75) is 18.9 Å². The molecule has 2 aromatic carbocycles. The zero-order chi connectivity index (χ0) is 12.9. The van der Waals surface area contributed by atoms with Gasteiger partial charge in [-0.15, -0.1) is 0 Å². The zero-order valence-corrected chi connectivity index (χ0v) is 11.9. The second-order valence-corrected chi connectivity index (χ2v) is 7.17. The molecule has 1 atom stereocenters. The van der Waals surface area contributed by atoms with Gasteiger partial charge in [-0.3, -0.25) is 0 Å². The molecule has 1 nitrogen and oxygen atoms in total. The Morgan fingerprint density at radius 2 is 1.47 bits per heavy atom. The summed E-state index contributed by atoms with van der Waals surface area (Å²) in [5.74, 6) is 0. The van der Waals surface area contributed by atoms with E-state index in [2.05, 4.69) is 60.7 Å². The van der Waals surface area contributed by atoms with E-state index in [4.69, 9.17) is 4.74 Å². The summed E-state index contributed by atoms with van der Waals surface area (Å²) in [5.41, 5.74) is 0. The molecule has 0 radical (unpaired) electrons. The summed E-state index contributed by atoms with van der Waals surface area (Å²) in [6.07, 6.45) is 4.05. The molecule has 98 valence electrons. The number of rotatable bonds is 4. The van der Waals surface area contributed by atoms with Crippen molar-refractivity contribution in [3.63, 3.8) is 0 Å². The van der Waals surface area contributed by atoms with Crippen molar-refractivity contribution in [2.24, 2.45) is 0 Å². The van der Waals surface area contributed by atoms with Gasteiger partial charge in [0.15, 0.2) is 0 Å². The molecule has 0 N–H and O–H groups in total. The van der Waals surface area contributed by atoms with Crippen LogP contribution < -0.4 is 10.6 Å². The standard InChI is InChI=1S/C17H19OP/c1-3-9-16(10-4-1)19(14-15-8-7-13-18-15)17-11-5-2-6-12-17/h1-6,9-12,15H,7-8,13-14H2. The van der Waals surface area contributed by atoms with E-state index in [0.717, 1.165) is 12.8 Å². The maximum absolute atomic E-state index is 5.84. The summed E-state index contributed by atoms with van der Waals surface area (Å²) in [6.45, 7) is 0.942. The van der Waals surface area contributed by atoms with Crippen LogP contribution in [0.4, 0.5) is 0 Å². The fourth-order valence-corrected chi connectivity index (χ4v) is 5.05. The maximum atomic E-state index is 5.84. The second-order valence-electron chi connectivity index (χ2n) is 4.92. The Labute approximate surface area is 116 Å². The van der Waals surface area contributed by atoms with Crippen molar-refractivity contribution >= 4 is 18.5 Å². The van der Waals surface area contributed by atoms with Crippen molar-refractivity contribution in [3.05, 3.63) is 60.7 Å². The lowest BCUT2D eigenvalue weighted by Crippen LogP contribution is -2.20. The summed E-state index contributed by atoms with van der Waals surface area (Å²) in [6, 6.07) is 21.8. The van der Waals surface area contributed by atoms with E-state index in [9.17, 15) is 0 Å². The van der Waals surface area contributed by atoms with Crippen molar-refractivity contribution in [1.29, 1.82) is 0 Å². The lowest BCUT2D eigenvalue weighted by atomic mass is 10.3. The molecule has 0 spiro atoms. The third-order valence-electron chi connectivity index (χ3n) is 3.55.